The zero-order valence-electron chi connectivity index (χ0n) is 33.7. The molecule has 2 saturated heterocycles. The molecule has 5 heterocycles. The van der Waals surface area contributed by atoms with Gasteiger partial charge in [0.1, 0.15) is 12.1 Å². The molecule has 2 aromatic carbocycles. The summed E-state index contributed by atoms with van der Waals surface area (Å²) in [5, 5.41) is 13.4. The molecule has 14 heteroatoms. The van der Waals surface area contributed by atoms with Crippen LogP contribution in [0.3, 0.4) is 0 Å². The Morgan fingerprint density at radius 2 is 1.73 bits per heavy atom. The van der Waals surface area contributed by atoms with E-state index in [2.05, 4.69) is 62.1 Å². The first kappa shape index (κ1) is 41.5. The summed E-state index contributed by atoms with van der Waals surface area (Å²) in [6.07, 6.45) is 13.1. The number of fused-ring (bicyclic) bond motifs is 3. The number of anilines is 1. The Morgan fingerprint density at radius 1 is 0.915 bits per heavy atom. The van der Waals surface area contributed by atoms with E-state index in [0.717, 1.165) is 61.5 Å². The molecule has 3 aliphatic rings. The zero-order valence-corrected chi connectivity index (χ0v) is 33.7. The van der Waals surface area contributed by atoms with Gasteiger partial charge in [-0.25, -0.2) is 4.98 Å². The van der Waals surface area contributed by atoms with Gasteiger partial charge in [0.2, 0.25) is 17.7 Å². The zero-order chi connectivity index (χ0) is 41.3. The second-order valence-corrected chi connectivity index (χ2v) is 15.3. The number of carbonyl (C=O) groups is 4. The Balaban J connectivity index is 0.000000186. The summed E-state index contributed by atoms with van der Waals surface area (Å²) < 4.78 is 19.3. The third-order valence-electron chi connectivity index (χ3n) is 11.4. The summed E-state index contributed by atoms with van der Waals surface area (Å²) >= 11 is 0. The van der Waals surface area contributed by atoms with Gasteiger partial charge in [-0.15, -0.1) is 0 Å². The summed E-state index contributed by atoms with van der Waals surface area (Å²) in [5.74, 6) is -0.555. The van der Waals surface area contributed by atoms with E-state index < -0.39 is 17.9 Å². The minimum absolute atomic E-state index is 0.122. The smallest absolute Gasteiger partial charge is 0.255 e. The first-order valence-corrected chi connectivity index (χ1v) is 20.4. The van der Waals surface area contributed by atoms with Crippen LogP contribution in [0.2, 0.25) is 0 Å². The first-order valence-electron chi connectivity index (χ1n) is 20.4. The highest BCUT2D eigenvalue weighted by molar-refractivity contribution is 6.09. The van der Waals surface area contributed by atoms with E-state index in [1.165, 1.54) is 40.2 Å². The number of carbonyl (C=O) groups excluding carboxylic acids is 4. The van der Waals surface area contributed by atoms with Crippen LogP contribution >= 0.6 is 0 Å². The largest absolute Gasteiger partial charge is 0.474 e. The molecule has 3 amide bonds. The number of rotatable bonds is 14. The van der Waals surface area contributed by atoms with E-state index in [4.69, 9.17) is 19.3 Å². The van der Waals surface area contributed by atoms with Crippen molar-refractivity contribution in [1.82, 2.24) is 24.8 Å². The van der Waals surface area contributed by atoms with Gasteiger partial charge in [0, 0.05) is 105 Å². The van der Waals surface area contributed by atoms with Gasteiger partial charge in [-0.1, -0.05) is 12.1 Å². The van der Waals surface area contributed by atoms with Gasteiger partial charge in [-0.2, -0.15) is 0 Å². The predicted molar refractivity (Wildman–Crippen MR) is 224 cm³/mol. The van der Waals surface area contributed by atoms with Crippen LogP contribution in [0, 0.1) is 0 Å². The molecule has 1 aliphatic carbocycles. The second-order valence-electron chi connectivity index (χ2n) is 15.3. The number of aryl methyl sites for hydroxylation is 1. The van der Waals surface area contributed by atoms with Crippen LogP contribution in [0.4, 0.5) is 5.69 Å². The van der Waals surface area contributed by atoms with E-state index in [0.29, 0.717) is 38.6 Å². The Labute approximate surface area is 343 Å². The maximum absolute atomic E-state index is 13.0. The molecule has 14 nitrogen and oxygen atoms in total. The summed E-state index contributed by atoms with van der Waals surface area (Å²) in [7, 11) is 3.61. The molecule has 1 atom stereocenters. The number of nitrogens with zero attached hydrogens (tertiary/aromatic N) is 5. The standard InChI is InChI=1S/C24H33N3O7.C21H19N3O/c1-26(21-5-6-22(30)25-23(21)31)24(32)20-4-3-18(15-17(20)16-29)27-9-7-19(8-10-27)34-14-13-33-12-2-11-28;1-24-19-9-10-22-13-18(19)17-7-5-14(11-20(17)24)15-6-8-21(23-12-15)25-16-3-2-4-16/h3-4,15-16,19,21,28H,2,5-14H2,1H3,(H,25,30,31);5-13,16H,2-4H2,1H3. The van der Waals surface area contributed by atoms with E-state index in [-0.39, 0.29) is 42.6 Å². The number of hydrogen-bond acceptors (Lipinski definition) is 11. The minimum Gasteiger partial charge on any atom is -0.474 e. The van der Waals surface area contributed by atoms with Crippen molar-refractivity contribution < 1.29 is 38.5 Å². The molecule has 2 aliphatic heterocycles. The molecule has 59 heavy (non-hydrogen) atoms. The summed E-state index contributed by atoms with van der Waals surface area (Å²) in [5.41, 5.74) is 6.01. The quantitative estimate of drug-likeness (QED) is 0.0830. The molecule has 8 rings (SSSR count). The molecule has 310 valence electrons. The van der Waals surface area contributed by atoms with E-state index in [1.807, 2.05) is 30.7 Å². The van der Waals surface area contributed by atoms with Gasteiger partial charge < -0.3 is 33.7 Å². The highest BCUT2D eigenvalue weighted by atomic mass is 16.5. The average molecular weight is 805 g/mol. The number of aliphatic hydroxyl groups is 1. The number of aliphatic hydroxyl groups excluding tert-OH is 1. The first-order chi connectivity index (χ1) is 28.7. The molecule has 0 bridgehead atoms. The van der Waals surface area contributed by atoms with Gasteiger partial charge in [0.25, 0.3) is 5.91 Å². The highest BCUT2D eigenvalue weighted by Crippen LogP contribution is 2.32. The van der Waals surface area contributed by atoms with Gasteiger partial charge in [-0.3, -0.25) is 29.5 Å². The third-order valence-corrected chi connectivity index (χ3v) is 11.4. The molecule has 2 N–H and O–H groups in total. The summed E-state index contributed by atoms with van der Waals surface area (Å²) in [6, 6.07) is 17.1. The lowest BCUT2D eigenvalue weighted by molar-refractivity contribution is -0.136. The lowest BCUT2D eigenvalue weighted by Crippen LogP contribution is -2.53. The fourth-order valence-electron chi connectivity index (χ4n) is 7.76. The molecule has 1 saturated carbocycles. The Hall–Kier alpha value is -5.70. The Kier molecular flexibility index (Phi) is 13.6. The van der Waals surface area contributed by atoms with Gasteiger partial charge in [0.05, 0.1) is 30.4 Å². The monoisotopic (exact) mass is 804 g/mol. The lowest BCUT2D eigenvalue weighted by atomic mass is 9.96. The Morgan fingerprint density at radius 3 is 2.44 bits per heavy atom. The van der Waals surface area contributed by atoms with Crippen molar-refractivity contribution >= 4 is 51.5 Å². The highest BCUT2D eigenvalue weighted by Gasteiger charge is 2.33. The molecule has 5 aromatic rings. The predicted octanol–water partition coefficient (Wildman–Crippen LogP) is 5.48. The van der Waals surface area contributed by atoms with E-state index in [9.17, 15) is 19.2 Å². The minimum atomic E-state index is -0.747. The number of nitrogens with one attached hydrogen (secondary N) is 1. The number of piperidine rings is 2. The van der Waals surface area contributed by atoms with Crippen LogP contribution in [-0.2, 0) is 26.1 Å². The summed E-state index contributed by atoms with van der Waals surface area (Å²) in [6.45, 7) is 3.19. The molecular weight excluding hydrogens is 753 g/mol. The SMILES string of the molecule is CN(C(=O)c1ccc(N2CCC(OCCOCCCO)CC2)cc1C=O)C1CCC(=O)NC1=O.Cn1c2ccncc2c2ccc(-c3ccc(OC4CCC4)nc3)cc21. The maximum atomic E-state index is 13.0. The molecule has 3 aromatic heterocycles. The number of imide groups is 1. The van der Waals surface area contributed by atoms with Crippen molar-refractivity contribution in [3.05, 3.63) is 84.3 Å². The molecule has 1 unspecified atom stereocenters. The fraction of sp³-hybridized carbons (Fsp3) is 0.422. The van der Waals surface area contributed by atoms with E-state index >= 15 is 0 Å². The van der Waals surface area contributed by atoms with Gasteiger partial charge >= 0.3 is 0 Å². The molecule has 3 fully saturated rings. The van der Waals surface area contributed by atoms with Crippen molar-refractivity contribution in [3.63, 3.8) is 0 Å². The van der Waals surface area contributed by atoms with Crippen molar-refractivity contribution in [2.75, 3.05) is 51.5 Å². The van der Waals surface area contributed by atoms with Crippen LogP contribution in [-0.4, -0.2) is 113 Å². The van der Waals surface area contributed by atoms with Crippen LogP contribution in [0.15, 0.2) is 73.2 Å². The van der Waals surface area contributed by atoms with Crippen molar-refractivity contribution in [3.8, 4) is 17.0 Å². The van der Waals surface area contributed by atoms with Crippen LogP contribution in [0.1, 0.15) is 72.1 Å². The molecule has 0 spiro atoms. The number of hydrogen-bond donors (Lipinski definition) is 2. The van der Waals surface area contributed by atoms with Crippen molar-refractivity contribution in [2.24, 2.45) is 7.05 Å². The number of pyridine rings is 2. The normalized spacial score (nSPS) is 17.3. The summed E-state index contributed by atoms with van der Waals surface area (Å²) in [4.78, 5) is 60.5. The lowest BCUT2D eigenvalue weighted by Gasteiger charge is -2.34. The van der Waals surface area contributed by atoms with Crippen molar-refractivity contribution in [2.45, 2.75) is 69.6 Å². The van der Waals surface area contributed by atoms with Crippen molar-refractivity contribution in [1.29, 1.82) is 0 Å². The third kappa shape index (κ3) is 9.78. The average Bonchev–Trinajstić information content (AvgIpc) is 3.54. The topological polar surface area (TPSA) is 165 Å². The molecule has 0 radical (unpaired) electrons. The molecular formula is C45H52N6O8. The van der Waals surface area contributed by atoms with Crippen LogP contribution < -0.4 is 15.0 Å². The van der Waals surface area contributed by atoms with Crippen LogP contribution in [0.5, 0.6) is 5.88 Å². The Bertz CT molecular complexity index is 2260. The number of benzene rings is 2. The van der Waals surface area contributed by atoms with Gasteiger partial charge in [0.15, 0.2) is 6.29 Å². The number of aldehydes is 1. The number of aromatic nitrogens is 3. The fourth-order valence-corrected chi connectivity index (χ4v) is 7.76. The number of likely N-dealkylation sites (N-methyl/N-ethyl adjacent to an activating group) is 1. The maximum Gasteiger partial charge on any atom is 0.255 e. The van der Waals surface area contributed by atoms with Gasteiger partial charge in [-0.05, 0) is 86.9 Å². The number of amides is 3. The number of ether oxygens (including phenoxy) is 3. The second kappa shape index (κ2) is 19.4. The van der Waals surface area contributed by atoms with E-state index in [1.54, 1.807) is 12.1 Å². The van der Waals surface area contributed by atoms with Crippen LogP contribution in [0.25, 0.3) is 32.9 Å².